The van der Waals surface area contributed by atoms with E-state index in [4.69, 9.17) is 13.9 Å². The van der Waals surface area contributed by atoms with E-state index in [1.807, 2.05) is 13.8 Å². The Morgan fingerprint density at radius 3 is 2.35 bits per heavy atom. The van der Waals surface area contributed by atoms with Gasteiger partial charge in [0.1, 0.15) is 17.1 Å². The number of benzene rings is 1. The Morgan fingerprint density at radius 1 is 1.17 bits per heavy atom. The number of allylic oxidation sites excluding steroid dienone is 2. The first kappa shape index (κ1) is 16.9. The van der Waals surface area contributed by atoms with Crippen LogP contribution in [0.3, 0.4) is 0 Å². The van der Waals surface area contributed by atoms with Gasteiger partial charge < -0.3 is 13.9 Å². The Kier molecular flexibility index (Phi) is 4.64. The van der Waals surface area contributed by atoms with E-state index in [-0.39, 0.29) is 5.63 Å². The average molecular weight is 314 g/mol. The monoisotopic (exact) mass is 314 g/mol. The largest absolute Gasteiger partial charge is 0.496 e. The van der Waals surface area contributed by atoms with Crippen molar-refractivity contribution in [2.24, 2.45) is 0 Å². The van der Waals surface area contributed by atoms with Gasteiger partial charge >= 0.3 is 5.63 Å². The maximum absolute atomic E-state index is 12.3. The van der Waals surface area contributed by atoms with Crippen molar-refractivity contribution in [1.82, 2.24) is 0 Å². The van der Waals surface area contributed by atoms with Crippen LogP contribution in [0.15, 0.2) is 46.7 Å². The molecule has 0 radical (unpaired) electrons. The van der Waals surface area contributed by atoms with Gasteiger partial charge in [-0.05, 0) is 12.5 Å². The second-order valence-electron chi connectivity index (χ2n) is 5.88. The van der Waals surface area contributed by atoms with Crippen molar-refractivity contribution in [2.75, 3.05) is 14.2 Å². The normalized spacial score (nSPS) is 11.3. The van der Waals surface area contributed by atoms with Crippen LogP contribution in [0.5, 0.6) is 11.5 Å². The molecular weight excluding hydrogens is 292 g/mol. The van der Waals surface area contributed by atoms with Gasteiger partial charge in [-0.1, -0.05) is 26.0 Å². The van der Waals surface area contributed by atoms with Crippen LogP contribution in [0.25, 0.3) is 11.0 Å². The van der Waals surface area contributed by atoms with Crippen molar-refractivity contribution < 1.29 is 13.9 Å². The summed E-state index contributed by atoms with van der Waals surface area (Å²) in [5, 5.41) is 0.731. The molecule has 0 amide bonds. The summed E-state index contributed by atoms with van der Waals surface area (Å²) in [7, 11) is 3.15. The Bertz CT molecular complexity index is 812. The lowest BCUT2D eigenvalue weighted by atomic mass is 9.82. The Balaban J connectivity index is 2.99. The minimum absolute atomic E-state index is 0.381. The van der Waals surface area contributed by atoms with E-state index in [2.05, 4.69) is 13.2 Å². The predicted octanol–water partition coefficient (Wildman–Crippen LogP) is 4.00. The van der Waals surface area contributed by atoms with Crippen LogP contribution >= 0.6 is 0 Å². The molecular formula is C19H22O4. The van der Waals surface area contributed by atoms with Crippen LogP contribution in [0, 0.1) is 0 Å². The molecule has 0 aliphatic heterocycles. The third kappa shape index (κ3) is 2.89. The predicted molar refractivity (Wildman–Crippen MR) is 92.7 cm³/mol. The van der Waals surface area contributed by atoms with Crippen molar-refractivity contribution in [3.8, 4) is 11.5 Å². The lowest BCUT2D eigenvalue weighted by molar-refractivity contribution is 0.386. The number of rotatable bonds is 6. The molecule has 0 N–H and O–H groups in total. The van der Waals surface area contributed by atoms with E-state index >= 15 is 0 Å². The lowest BCUT2D eigenvalue weighted by Crippen LogP contribution is -2.17. The number of hydrogen-bond acceptors (Lipinski definition) is 4. The summed E-state index contributed by atoms with van der Waals surface area (Å²) in [6.45, 7) is 11.5. The van der Waals surface area contributed by atoms with Gasteiger partial charge in [-0.2, -0.15) is 0 Å². The summed E-state index contributed by atoms with van der Waals surface area (Å²) in [6.07, 6.45) is 3.91. The van der Waals surface area contributed by atoms with Gasteiger partial charge in [0, 0.05) is 22.6 Å². The maximum atomic E-state index is 12.3. The molecule has 2 rings (SSSR count). The van der Waals surface area contributed by atoms with Gasteiger partial charge in [-0.3, -0.25) is 0 Å². The van der Waals surface area contributed by atoms with Crippen molar-refractivity contribution in [1.29, 1.82) is 0 Å². The molecule has 0 atom stereocenters. The molecule has 2 aromatic rings. The zero-order valence-corrected chi connectivity index (χ0v) is 14.1. The molecule has 4 heteroatoms. The van der Waals surface area contributed by atoms with Gasteiger partial charge in [0.2, 0.25) is 0 Å². The molecule has 0 saturated heterocycles. The second kappa shape index (κ2) is 6.32. The maximum Gasteiger partial charge on any atom is 0.339 e. The summed E-state index contributed by atoms with van der Waals surface area (Å²) in [6, 6.07) is 3.60. The minimum Gasteiger partial charge on any atom is -0.496 e. The fourth-order valence-electron chi connectivity index (χ4n) is 2.60. The molecule has 0 unspecified atom stereocenters. The van der Waals surface area contributed by atoms with E-state index in [1.165, 1.54) is 0 Å². The minimum atomic E-state index is -0.439. The quantitative estimate of drug-likeness (QED) is 0.597. The molecule has 0 spiro atoms. The molecule has 0 aliphatic carbocycles. The highest BCUT2D eigenvalue weighted by Gasteiger charge is 2.28. The van der Waals surface area contributed by atoms with Crippen molar-refractivity contribution in [3.05, 3.63) is 59.0 Å². The first-order chi connectivity index (χ1) is 10.9. The third-order valence-electron chi connectivity index (χ3n) is 3.98. The third-order valence-corrected chi connectivity index (χ3v) is 3.98. The van der Waals surface area contributed by atoms with E-state index < -0.39 is 5.41 Å². The molecule has 1 heterocycles. The van der Waals surface area contributed by atoms with Crippen LogP contribution in [-0.2, 0) is 11.8 Å². The molecule has 0 fully saturated rings. The van der Waals surface area contributed by atoms with Crippen LogP contribution in [0.4, 0.5) is 0 Å². The number of hydrogen-bond donors (Lipinski definition) is 0. The van der Waals surface area contributed by atoms with Crippen molar-refractivity contribution in [2.45, 2.75) is 25.7 Å². The number of fused-ring (bicyclic) bond motifs is 1. The molecule has 0 aliphatic rings. The molecule has 0 saturated carbocycles. The highest BCUT2D eigenvalue weighted by molar-refractivity contribution is 5.90. The summed E-state index contributed by atoms with van der Waals surface area (Å²) in [4.78, 5) is 12.3. The Labute approximate surface area is 136 Å². The number of methoxy groups -OCH3 is 2. The summed E-state index contributed by atoms with van der Waals surface area (Å²) in [5.41, 5.74) is 0.954. The SMILES string of the molecule is C=CCc1cc2c(OC)cc(OC)c(C(C)(C)C=C)c2oc1=O. The summed E-state index contributed by atoms with van der Waals surface area (Å²) < 4.78 is 16.6. The van der Waals surface area contributed by atoms with Gasteiger partial charge in [-0.25, -0.2) is 4.79 Å². The van der Waals surface area contributed by atoms with Crippen LogP contribution in [0.1, 0.15) is 25.0 Å². The Morgan fingerprint density at radius 2 is 1.83 bits per heavy atom. The highest BCUT2D eigenvalue weighted by Crippen LogP contribution is 2.42. The zero-order chi connectivity index (χ0) is 17.2. The van der Waals surface area contributed by atoms with Crippen LogP contribution in [-0.4, -0.2) is 14.2 Å². The fourth-order valence-corrected chi connectivity index (χ4v) is 2.60. The second-order valence-corrected chi connectivity index (χ2v) is 5.88. The Hall–Kier alpha value is -2.49. The van der Waals surface area contributed by atoms with E-state index in [9.17, 15) is 4.79 Å². The first-order valence-corrected chi connectivity index (χ1v) is 7.36. The molecule has 122 valence electrons. The van der Waals surface area contributed by atoms with Crippen LogP contribution < -0.4 is 15.1 Å². The van der Waals surface area contributed by atoms with Gasteiger partial charge in [0.15, 0.2) is 0 Å². The van der Waals surface area contributed by atoms with Crippen molar-refractivity contribution in [3.63, 3.8) is 0 Å². The standard InChI is InChI=1S/C19H22O4/c1-7-9-12-10-13-14(21-5)11-15(22-6)16(19(3,4)8-2)17(13)23-18(12)20/h7-8,10-11H,1-2,9H2,3-6H3. The molecule has 4 nitrogen and oxygen atoms in total. The smallest absolute Gasteiger partial charge is 0.339 e. The van der Waals surface area contributed by atoms with Crippen LogP contribution in [0.2, 0.25) is 0 Å². The molecule has 1 aromatic carbocycles. The van der Waals surface area contributed by atoms with Gasteiger partial charge in [0.05, 0.1) is 19.6 Å². The average Bonchev–Trinajstić information content (AvgIpc) is 2.54. The molecule has 0 bridgehead atoms. The molecule has 23 heavy (non-hydrogen) atoms. The zero-order valence-electron chi connectivity index (χ0n) is 14.1. The summed E-state index contributed by atoms with van der Waals surface area (Å²) >= 11 is 0. The highest BCUT2D eigenvalue weighted by atomic mass is 16.5. The van der Waals surface area contributed by atoms with Gasteiger partial charge in [-0.15, -0.1) is 13.2 Å². The first-order valence-electron chi connectivity index (χ1n) is 7.36. The van der Waals surface area contributed by atoms with Gasteiger partial charge in [0.25, 0.3) is 0 Å². The van der Waals surface area contributed by atoms with E-state index in [0.29, 0.717) is 29.1 Å². The fraction of sp³-hybridized carbons (Fsp3) is 0.316. The molecule has 1 aromatic heterocycles. The van der Waals surface area contributed by atoms with E-state index in [1.54, 1.807) is 38.5 Å². The lowest BCUT2D eigenvalue weighted by Gasteiger charge is -2.25. The summed E-state index contributed by atoms with van der Waals surface area (Å²) in [5.74, 6) is 1.19. The van der Waals surface area contributed by atoms with E-state index in [0.717, 1.165) is 10.9 Å². The van der Waals surface area contributed by atoms with Crippen molar-refractivity contribution >= 4 is 11.0 Å². The number of ether oxygens (including phenoxy) is 2. The topological polar surface area (TPSA) is 48.7 Å².